The zero-order valence-corrected chi connectivity index (χ0v) is 10.5. The van der Waals surface area contributed by atoms with Crippen molar-refractivity contribution < 1.29 is 9.18 Å². The molecule has 0 aliphatic heterocycles. The van der Waals surface area contributed by atoms with Crippen LogP contribution in [0.3, 0.4) is 0 Å². The molecule has 94 valence electrons. The van der Waals surface area contributed by atoms with Crippen molar-refractivity contribution in [1.29, 1.82) is 0 Å². The SMILES string of the molecule is CC(C)C(C)CNC(=O)c1ccc(F)cc1N. The third kappa shape index (κ3) is 3.73. The minimum absolute atomic E-state index is 0.166. The number of hydrogen-bond donors (Lipinski definition) is 2. The lowest BCUT2D eigenvalue weighted by molar-refractivity contribution is 0.0946. The van der Waals surface area contributed by atoms with E-state index < -0.39 is 5.82 Å². The number of halogens is 1. The number of benzene rings is 1. The van der Waals surface area contributed by atoms with E-state index in [4.69, 9.17) is 5.73 Å². The van der Waals surface area contributed by atoms with Gasteiger partial charge in [0.15, 0.2) is 0 Å². The number of nitrogen functional groups attached to an aromatic ring is 1. The predicted molar refractivity (Wildman–Crippen MR) is 67.1 cm³/mol. The van der Waals surface area contributed by atoms with Crippen LogP contribution in [0.15, 0.2) is 18.2 Å². The van der Waals surface area contributed by atoms with Gasteiger partial charge in [-0.05, 0) is 30.0 Å². The fourth-order valence-corrected chi connectivity index (χ4v) is 1.32. The highest BCUT2D eigenvalue weighted by molar-refractivity contribution is 5.99. The normalized spacial score (nSPS) is 12.5. The van der Waals surface area contributed by atoms with Gasteiger partial charge in [-0.1, -0.05) is 20.8 Å². The topological polar surface area (TPSA) is 55.1 Å². The highest BCUT2D eigenvalue weighted by Gasteiger charge is 2.12. The molecule has 3 nitrogen and oxygen atoms in total. The molecule has 17 heavy (non-hydrogen) atoms. The van der Waals surface area contributed by atoms with Crippen LogP contribution < -0.4 is 11.1 Å². The highest BCUT2D eigenvalue weighted by atomic mass is 19.1. The van der Waals surface area contributed by atoms with Crippen molar-refractivity contribution in [2.45, 2.75) is 20.8 Å². The van der Waals surface area contributed by atoms with Crippen LogP contribution in [0, 0.1) is 17.7 Å². The fourth-order valence-electron chi connectivity index (χ4n) is 1.32. The van der Waals surface area contributed by atoms with Gasteiger partial charge in [-0.3, -0.25) is 4.79 Å². The Hall–Kier alpha value is -1.58. The zero-order chi connectivity index (χ0) is 13.0. The molecule has 0 bridgehead atoms. The molecule has 3 N–H and O–H groups in total. The summed E-state index contributed by atoms with van der Waals surface area (Å²) in [5.41, 5.74) is 6.08. The lowest BCUT2D eigenvalue weighted by Gasteiger charge is -2.16. The molecule has 0 aromatic heterocycles. The summed E-state index contributed by atoms with van der Waals surface area (Å²) in [4.78, 5) is 11.8. The van der Waals surface area contributed by atoms with E-state index in [1.807, 2.05) is 0 Å². The van der Waals surface area contributed by atoms with Crippen molar-refractivity contribution in [3.8, 4) is 0 Å². The molecule has 1 aromatic rings. The zero-order valence-electron chi connectivity index (χ0n) is 10.5. The third-order valence-corrected chi connectivity index (χ3v) is 2.98. The highest BCUT2D eigenvalue weighted by Crippen LogP contribution is 2.14. The molecule has 0 heterocycles. The molecule has 0 fully saturated rings. The summed E-state index contributed by atoms with van der Waals surface area (Å²) < 4.78 is 12.8. The van der Waals surface area contributed by atoms with E-state index in [1.54, 1.807) is 0 Å². The van der Waals surface area contributed by atoms with Crippen LogP contribution >= 0.6 is 0 Å². The Bertz CT molecular complexity index is 404. The smallest absolute Gasteiger partial charge is 0.253 e. The monoisotopic (exact) mass is 238 g/mol. The van der Waals surface area contributed by atoms with Crippen molar-refractivity contribution in [3.63, 3.8) is 0 Å². The van der Waals surface area contributed by atoms with E-state index in [-0.39, 0.29) is 11.6 Å². The van der Waals surface area contributed by atoms with Crippen LogP contribution in [0.2, 0.25) is 0 Å². The average Bonchev–Trinajstić information content (AvgIpc) is 2.25. The first kappa shape index (κ1) is 13.5. The van der Waals surface area contributed by atoms with Crippen molar-refractivity contribution >= 4 is 11.6 Å². The first-order chi connectivity index (χ1) is 7.91. The number of rotatable bonds is 4. The molecule has 1 atom stereocenters. The molecule has 4 heteroatoms. The number of carbonyl (C=O) groups excluding carboxylic acids is 1. The van der Waals surface area contributed by atoms with Crippen LogP contribution in [0.1, 0.15) is 31.1 Å². The molecule has 1 rings (SSSR count). The van der Waals surface area contributed by atoms with E-state index in [2.05, 4.69) is 26.1 Å². The van der Waals surface area contributed by atoms with Crippen molar-refractivity contribution in [3.05, 3.63) is 29.6 Å². The summed E-state index contributed by atoms with van der Waals surface area (Å²) in [6.45, 7) is 6.86. The molecule has 0 saturated carbocycles. The lowest BCUT2D eigenvalue weighted by atomic mass is 9.98. The maximum absolute atomic E-state index is 12.8. The Morgan fingerprint density at radius 2 is 2.06 bits per heavy atom. The molecular formula is C13H19FN2O. The minimum Gasteiger partial charge on any atom is -0.398 e. The largest absolute Gasteiger partial charge is 0.398 e. The summed E-state index contributed by atoms with van der Waals surface area (Å²) in [5, 5.41) is 2.80. The molecule has 0 spiro atoms. The van der Waals surface area contributed by atoms with Gasteiger partial charge < -0.3 is 11.1 Å². The molecule has 1 aromatic carbocycles. The van der Waals surface area contributed by atoms with Crippen molar-refractivity contribution in [1.82, 2.24) is 5.32 Å². The van der Waals surface area contributed by atoms with Crippen LogP contribution in [-0.2, 0) is 0 Å². The summed E-state index contributed by atoms with van der Waals surface area (Å²) in [6, 6.07) is 3.79. The second-order valence-corrected chi connectivity index (χ2v) is 4.66. The molecular weight excluding hydrogens is 219 g/mol. The number of nitrogens with one attached hydrogen (secondary N) is 1. The average molecular weight is 238 g/mol. The van der Waals surface area contributed by atoms with Gasteiger partial charge in [0.05, 0.1) is 5.56 Å². The first-order valence-electron chi connectivity index (χ1n) is 5.75. The molecule has 0 aliphatic rings. The van der Waals surface area contributed by atoms with Gasteiger partial charge in [0.2, 0.25) is 0 Å². The van der Waals surface area contributed by atoms with Gasteiger partial charge in [0.1, 0.15) is 5.82 Å². The van der Waals surface area contributed by atoms with Crippen LogP contribution in [0.25, 0.3) is 0 Å². The fraction of sp³-hybridized carbons (Fsp3) is 0.462. The molecule has 0 radical (unpaired) electrons. The maximum Gasteiger partial charge on any atom is 0.253 e. The van der Waals surface area contributed by atoms with Crippen LogP contribution in [0.5, 0.6) is 0 Å². The second kappa shape index (κ2) is 5.66. The number of nitrogens with two attached hydrogens (primary N) is 1. The van der Waals surface area contributed by atoms with E-state index in [1.165, 1.54) is 12.1 Å². The van der Waals surface area contributed by atoms with Gasteiger partial charge in [-0.25, -0.2) is 4.39 Å². The van der Waals surface area contributed by atoms with Gasteiger partial charge in [-0.15, -0.1) is 0 Å². The standard InChI is InChI=1S/C13H19FN2O/c1-8(2)9(3)7-16-13(17)11-5-4-10(14)6-12(11)15/h4-6,8-9H,7,15H2,1-3H3,(H,16,17). The summed E-state index contributed by atoms with van der Waals surface area (Å²) in [7, 11) is 0. The number of amides is 1. The van der Waals surface area contributed by atoms with Gasteiger partial charge >= 0.3 is 0 Å². The minimum atomic E-state index is -0.436. The molecule has 0 saturated heterocycles. The van der Waals surface area contributed by atoms with Gasteiger partial charge in [0, 0.05) is 12.2 Å². The van der Waals surface area contributed by atoms with E-state index >= 15 is 0 Å². The third-order valence-electron chi connectivity index (χ3n) is 2.98. The Morgan fingerprint density at radius 3 is 2.59 bits per heavy atom. The van der Waals surface area contributed by atoms with E-state index in [0.717, 1.165) is 6.07 Å². The first-order valence-corrected chi connectivity index (χ1v) is 5.75. The number of hydrogen-bond acceptors (Lipinski definition) is 2. The molecule has 0 aliphatic carbocycles. The number of anilines is 1. The van der Waals surface area contributed by atoms with Crippen LogP contribution in [0.4, 0.5) is 10.1 Å². The van der Waals surface area contributed by atoms with Gasteiger partial charge in [0.25, 0.3) is 5.91 Å². The lowest BCUT2D eigenvalue weighted by Crippen LogP contribution is -2.30. The summed E-state index contributed by atoms with van der Waals surface area (Å²) in [6.07, 6.45) is 0. The Kier molecular flexibility index (Phi) is 4.49. The Morgan fingerprint density at radius 1 is 1.41 bits per heavy atom. The van der Waals surface area contributed by atoms with Gasteiger partial charge in [-0.2, -0.15) is 0 Å². The molecule has 1 amide bonds. The number of carbonyl (C=O) groups is 1. The summed E-state index contributed by atoms with van der Waals surface area (Å²) in [5.74, 6) is 0.200. The quantitative estimate of drug-likeness (QED) is 0.791. The van der Waals surface area contributed by atoms with Crippen molar-refractivity contribution in [2.75, 3.05) is 12.3 Å². The van der Waals surface area contributed by atoms with Crippen LogP contribution in [-0.4, -0.2) is 12.5 Å². The van der Waals surface area contributed by atoms with E-state index in [0.29, 0.717) is 23.9 Å². The molecule has 1 unspecified atom stereocenters. The second-order valence-electron chi connectivity index (χ2n) is 4.66. The van der Waals surface area contributed by atoms with Crippen molar-refractivity contribution in [2.24, 2.45) is 11.8 Å². The van der Waals surface area contributed by atoms with E-state index in [9.17, 15) is 9.18 Å². The Labute approximate surface area is 101 Å². The summed E-state index contributed by atoms with van der Waals surface area (Å²) >= 11 is 0. The predicted octanol–water partition coefficient (Wildman–Crippen LogP) is 2.43. The maximum atomic E-state index is 12.8. The Balaban J connectivity index is 2.64.